The smallest absolute Gasteiger partial charge is 0.240 e. The van der Waals surface area contributed by atoms with E-state index in [-0.39, 0.29) is 5.79 Å². The van der Waals surface area contributed by atoms with Gasteiger partial charge in [0.25, 0.3) is 0 Å². The SMILES string of the molecule is C1COC2(CCN(Cc3nc(C4CC4)no3)CC2)O1. The van der Waals surface area contributed by atoms with E-state index in [0.717, 1.165) is 57.4 Å². The number of nitrogens with zero attached hydrogens (tertiary/aromatic N) is 3. The maximum Gasteiger partial charge on any atom is 0.240 e. The summed E-state index contributed by atoms with van der Waals surface area (Å²) in [6, 6.07) is 0. The highest BCUT2D eigenvalue weighted by molar-refractivity contribution is 5.03. The van der Waals surface area contributed by atoms with Crippen molar-refractivity contribution in [1.29, 1.82) is 0 Å². The van der Waals surface area contributed by atoms with Crippen molar-refractivity contribution < 1.29 is 14.0 Å². The number of piperidine rings is 1. The van der Waals surface area contributed by atoms with Crippen LogP contribution in [-0.2, 0) is 16.0 Å². The fourth-order valence-electron chi connectivity index (χ4n) is 2.87. The molecule has 2 saturated heterocycles. The summed E-state index contributed by atoms with van der Waals surface area (Å²) in [4.78, 5) is 6.81. The molecule has 0 atom stereocenters. The molecule has 0 aromatic carbocycles. The topological polar surface area (TPSA) is 60.6 Å². The van der Waals surface area contributed by atoms with Crippen molar-refractivity contribution in [2.75, 3.05) is 26.3 Å². The lowest BCUT2D eigenvalue weighted by atomic mass is 10.0. The minimum atomic E-state index is -0.301. The molecule has 1 aromatic heterocycles. The molecule has 4 rings (SSSR count). The molecule has 1 aliphatic carbocycles. The molecule has 6 heteroatoms. The molecule has 1 spiro atoms. The Kier molecular flexibility index (Phi) is 2.82. The van der Waals surface area contributed by atoms with Crippen LogP contribution in [0.4, 0.5) is 0 Å². The lowest BCUT2D eigenvalue weighted by Crippen LogP contribution is -2.44. The van der Waals surface area contributed by atoms with Crippen LogP contribution in [0.3, 0.4) is 0 Å². The molecule has 1 aromatic rings. The summed E-state index contributed by atoms with van der Waals surface area (Å²) in [5, 5.41) is 4.05. The van der Waals surface area contributed by atoms with Gasteiger partial charge in [0, 0.05) is 31.8 Å². The normalized spacial score (nSPS) is 27.2. The molecule has 3 fully saturated rings. The number of rotatable bonds is 3. The summed E-state index contributed by atoms with van der Waals surface area (Å²) in [6.07, 6.45) is 4.27. The second kappa shape index (κ2) is 4.54. The Labute approximate surface area is 112 Å². The summed E-state index contributed by atoms with van der Waals surface area (Å²) in [5.41, 5.74) is 0. The van der Waals surface area contributed by atoms with Crippen molar-refractivity contribution in [2.24, 2.45) is 0 Å². The van der Waals surface area contributed by atoms with E-state index in [4.69, 9.17) is 14.0 Å². The van der Waals surface area contributed by atoms with Gasteiger partial charge in [0.1, 0.15) is 0 Å². The van der Waals surface area contributed by atoms with E-state index in [1.165, 1.54) is 12.8 Å². The summed E-state index contributed by atoms with van der Waals surface area (Å²) in [7, 11) is 0. The number of hydrogen-bond acceptors (Lipinski definition) is 6. The molecular formula is C13H19N3O3. The first-order valence-electron chi connectivity index (χ1n) is 7.16. The standard InChI is InChI=1S/C13H19N3O3/c1-2-10(1)12-14-11(19-15-12)9-16-5-3-13(4-6-16)17-7-8-18-13/h10H,1-9H2. The maximum absolute atomic E-state index is 5.72. The second-order valence-electron chi connectivity index (χ2n) is 5.70. The molecular weight excluding hydrogens is 246 g/mol. The monoisotopic (exact) mass is 265 g/mol. The highest BCUT2D eigenvalue weighted by Gasteiger charge is 2.40. The quantitative estimate of drug-likeness (QED) is 0.820. The van der Waals surface area contributed by atoms with Gasteiger partial charge in [0.15, 0.2) is 11.6 Å². The highest BCUT2D eigenvalue weighted by atomic mass is 16.7. The van der Waals surface area contributed by atoms with Gasteiger partial charge in [-0.2, -0.15) is 4.98 Å². The lowest BCUT2D eigenvalue weighted by Gasteiger charge is -2.36. The van der Waals surface area contributed by atoms with Gasteiger partial charge in [-0.05, 0) is 12.8 Å². The molecule has 3 aliphatic rings. The van der Waals surface area contributed by atoms with Crippen LogP contribution in [-0.4, -0.2) is 47.1 Å². The average Bonchev–Trinajstić information content (AvgIpc) is 3.01. The molecule has 2 aliphatic heterocycles. The fourth-order valence-corrected chi connectivity index (χ4v) is 2.87. The van der Waals surface area contributed by atoms with Crippen molar-refractivity contribution in [2.45, 2.75) is 43.9 Å². The predicted molar refractivity (Wildman–Crippen MR) is 65.4 cm³/mol. The van der Waals surface area contributed by atoms with Crippen molar-refractivity contribution in [3.05, 3.63) is 11.7 Å². The van der Waals surface area contributed by atoms with Crippen LogP contribution in [0.15, 0.2) is 4.52 Å². The van der Waals surface area contributed by atoms with Crippen LogP contribution in [0.1, 0.15) is 43.3 Å². The third kappa shape index (κ3) is 2.40. The molecule has 0 amide bonds. The first kappa shape index (κ1) is 11.8. The Morgan fingerprint density at radius 1 is 1.16 bits per heavy atom. The first-order valence-corrected chi connectivity index (χ1v) is 7.16. The van der Waals surface area contributed by atoms with E-state index in [1.54, 1.807) is 0 Å². The van der Waals surface area contributed by atoms with E-state index in [1.807, 2.05) is 0 Å². The average molecular weight is 265 g/mol. The molecule has 3 heterocycles. The van der Waals surface area contributed by atoms with Crippen molar-refractivity contribution >= 4 is 0 Å². The van der Waals surface area contributed by atoms with E-state index in [2.05, 4.69) is 15.0 Å². The maximum atomic E-state index is 5.72. The summed E-state index contributed by atoms with van der Waals surface area (Å²) in [6.45, 7) is 4.13. The Hall–Kier alpha value is -0.980. The van der Waals surface area contributed by atoms with Crippen LogP contribution in [0.25, 0.3) is 0 Å². The van der Waals surface area contributed by atoms with E-state index >= 15 is 0 Å². The second-order valence-corrected chi connectivity index (χ2v) is 5.70. The van der Waals surface area contributed by atoms with Gasteiger partial charge in [-0.3, -0.25) is 4.90 Å². The van der Waals surface area contributed by atoms with Crippen LogP contribution >= 0.6 is 0 Å². The zero-order chi connectivity index (χ0) is 12.7. The van der Waals surface area contributed by atoms with Gasteiger partial charge < -0.3 is 14.0 Å². The molecule has 0 unspecified atom stereocenters. The van der Waals surface area contributed by atoms with Crippen LogP contribution < -0.4 is 0 Å². The molecule has 0 bridgehead atoms. The molecule has 19 heavy (non-hydrogen) atoms. The third-order valence-electron chi connectivity index (χ3n) is 4.22. The largest absolute Gasteiger partial charge is 0.347 e. The number of aromatic nitrogens is 2. The Bertz CT molecular complexity index is 442. The molecule has 0 radical (unpaired) electrons. The van der Waals surface area contributed by atoms with E-state index in [0.29, 0.717) is 5.92 Å². The van der Waals surface area contributed by atoms with Crippen LogP contribution in [0, 0.1) is 0 Å². The summed E-state index contributed by atoms with van der Waals surface area (Å²) in [5.74, 6) is 1.89. The predicted octanol–water partition coefficient (Wildman–Crippen LogP) is 1.29. The number of likely N-dealkylation sites (tertiary alicyclic amines) is 1. The highest BCUT2D eigenvalue weighted by Crippen LogP contribution is 2.38. The van der Waals surface area contributed by atoms with Crippen LogP contribution in [0.2, 0.25) is 0 Å². The minimum Gasteiger partial charge on any atom is -0.347 e. The molecule has 6 nitrogen and oxygen atoms in total. The molecule has 104 valence electrons. The van der Waals surface area contributed by atoms with Gasteiger partial charge >= 0.3 is 0 Å². The van der Waals surface area contributed by atoms with Crippen LogP contribution in [0.5, 0.6) is 0 Å². The van der Waals surface area contributed by atoms with Crippen molar-refractivity contribution in [1.82, 2.24) is 15.0 Å². The van der Waals surface area contributed by atoms with Crippen molar-refractivity contribution in [3.63, 3.8) is 0 Å². The minimum absolute atomic E-state index is 0.301. The van der Waals surface area contributed by atoms with Gasteiger partial charge in [-0.15, -0.1) is 0 Å². The lowest BCUT2D eigenvalue weighted by molar-refractivity contribution is -0.186. The summed E-state index contributed by atoms with van der Waals surface area (Å²) >= 11 is 0. The third-order valence-corrected chi connectivity index (χ3v) is 4.22. The van der Waals surface area contributed by atoms with E-state index in [9.17, 15) is 0 Å². The summed E-state index contributed by atoms with van der Waals surface area (Å²) < 4.78 is 16.8. The molecule has 1 saturated carbocycles. The Balaban J connectivity index is 1.33. The Morgan fingerprint density at radius 3 is 2.58 bits per heavy atom. The first-order chi connectivity index (χ1) is 9.33. The van der Waals surface area contributed by atoms with Crippen molar-refractivity contribution in [3.8, 4) is 0 Å². The Morgan fingerprint density at radius 2 is 1.89 bits per heavy atom. The zero-order valence-corrected chi connectivity index (χ0v) is 11.0. The zero-order valence-electron chi connectivity index (χ0n) is 11.0. The number of ether oxygens (including phenoxy) is 2. The fraction of sp³-hybridized carbons (Fsp3) is 0.846. The number of hydrogen-bond donors (Lipinski definition) is 0. The van der Waals surface area contributed by atoms with Gasteiger partial charge in [-0.25, -0.2) is 0 Å². The van der Waals surface area contributed by atoms with Gasteiger partial charge in [-0.1, -0.05) is 5.16 Å². The molecule has 0 N–H and O–H groups in total. The van der Waals surface area contributed by atoms with E-state index < -0.39 is 0 Å². The van der Waals surface area contributed by atoms with Gasteiger partial charge in [0.2, 0.25) is 5.89 Å². The van der Waals surface area contributed by atoms with Gasteiger partial charge in [0.05, 0.1) is 19.8 Å².